The Hall–Kier alpha value is -2.74. The third kappa shape index (κ3) is 4.91. The van der Waals surface area contributed by atoms with E-state index in [-0.39, 0.29) is 17.8 Å². The highest BCUT2D eigenvalue weighted by Crippen LogP contribution is 2.36. The lowest BCUT2D eigenvalue weighted by Gasteiger charge is -2.26. The van der Waals surface area contributed by atoms with Gasteiger partial charge in [-0.25, -0.2) is 8.42 Å². The van der Waals surface area contributed by atoms with Crippen molar-refractivity contribution < 1.29 is 22.7 Å². The van der Waals surface area contributed by atoms with Crippen LogP contribution in [0.25, 0.3) is 0 Å². The van der Waals surface area contributed by atoms with E-state index < -0.39 is 15.9 Å². The maximum atomic E-state index is 12.6. The highest BCUT2D eigenvalue weighted by Gasteiger charge is 2.26. The summed E-state index contributed by atoms with van der Waals surface area (Å²) >= 11 is 0. The summed E-state index contributed by atoms with van der Waals surface area (Å²) in [5.41, 5.74) is 1.21. The SMILES string of the molecule is CCNC(=O)c1cc(OC)c(OC)cc1N(Cc1ccccc1)S(C)(=O)=O. The number of sulfonamides is 1. The van der Waals surface area contributed by atoms with Gasteiger partial charge in [0.05, 0.1) is 38.3 Å². The number of nitrogens with zero attached hydrogens (tertiary/aromatic N) is 1. The molecule has 0 heterocycles. The van der Waals surface area contributed by atoms with Gasteiger partial charge < -0.3 is 14.8 Å². The molecule has 2 aromatic rings. The molecular weight excluding hydrogens is 368 g/mol. The van der Waals surface area contributed by atoms with Gasteiger partial charge in [0.15, 0.2) is 11.5 Å². The van der Waals surface area contributed by atoms with E-state index in [0.717, 1.165) is 11.8 Å². The minimum atomic E-state index is -3.67. The van der Waals surface area contributed by atoms with Crippen molar-refractivity contribution in [1.82, 2.24) is 5.32 Å². The topological polar surface area (TPSA) is 84.9 Å². The Labute approximate surface area is 160 Å². The number of methoxy groups -OCH3 is 2. The predicted octanol–water partition coefficient (Wildman–Crippen LogP) is 2.42. The summed E-state index contributed by atoms with van der Waals surface area (Å²) < 4.78 is 36.9. The van der Waals surface area contributed by atoms with Crippen molar-refractivity contribution in [2.24, 2.45) is 0 Å². The molecule has 0 aliphatic rings. The fourth-order valence-electron chi connectivity index (χ4n) is 2.64. The van der Waals surface area contributed by atoms with Crippen molar-refractivity contribution >= 4 is 21.6 Å². The van der Waals surface area contributed by atoms with E-state index in [1.165, 1.54) is 30.7 Å². The van der Waals surface area contributed by atoms with E-state index in [1.54, 1.807) is 6.92 Å². The highest BCUT2D eigenvalue weighted by atomic mass is 32.2. The number of carbonyl (C=O) groups is 1. The van der Waals surface area contributed by atoms with Gasteiger partial charge in [-0.3, -0.25) is 9.10 Å². The van der Waals surface area contributed by atoms with Crippen LogP contribution in [-0.4, -0.2) is 41.3 Å². The van der Waals surface area contributed by atoms with Crippen molar-refractivity contribution in [2.75, 3.05) is 31.3 Å². The smallest absolute Gasteiger partial charge is 0.253 e. The number of rotatable bonds is 8. The molecule has 7 nitrogen and oxygen atoms in total. The number of carbonyl (C=O) groups excluding carboxylic acids is 1. The fourth-order valence-corrected chi connectivity index (χ4v) is 3.53. The van der Waals surface area contributed by atoms with E-state index in [1.807, 2.05) is 30.3 Å². The van der Waals surface area contributed by atoms with Gasteiger partial charge in [-0.1, -0.05) is 30.3 Å². The molecule has 0 aliphatic carbocycles. The summed E-state index contributed by atoms with van der Waals surface area (Å²) in [7, 11) is -0.765. The van der Waals surface area contributed by atoms with Crippen LogP contribution >= 0.6 is 0 Å². The molecule has 0 atom stereocenters. The molecule has 0 spiro atoms. The molecule has 0 aliphatic heterocycles. The van der Waals surface area contributed by atoms with Crippen molar-refractivity contribution in [3.63, 3.8) is 0 Å². The number of hydrogen-bond donors (Lipinski definition) is 1. The van der Waals surface area contributed by atoms with Crippen molar-refractivity contribution in [3.05, 3.63) is 53.6 Å². The Morgan fingerprint density at radius 2 is 1.67 bits per heavy atom. The van der Waals surface area contributed by atoms with E-state index in [2.05, 4.69) is 5.32 Å². The van der Waals surface area contributed by atoms with Crippen LogP contribution < -0.4 is 19.1 Å². The number of amides is 1. The first-order valence-electron chi connectivity index (χ1n) is 8.37. The van der Waals surface area contributed by atoms with Crippen LogP contribution in [0.15, 0.2) is 42.5 Å². The Morgan fingerprint density at radius 1 is 1.07 bits per heavy atom. The monoisotopic (exact) mass is 392 g/mol. The van der Waals surface area contributed by atoms with Crippen LogP contribution in [-0.2, 0) is 16.6 Å². The molecule has 8 heteroatoms. The molecule has 0 radical (unpaired) electrons. The Balaban J connectivity index is 2.66. The minimum absolute atomic E-state index is 0.0849. The average Bonchev–Trinajstić information content (AvgIpc) is 2.65. The van der Waals surface area contributed by atoms with E-state index in [9.17, 15) is 13.2 Å². The molecule has 2 aromatic carbocycles. The molecule has 0 aromatic heterocycles. The quantitative estimate of drug-likeness (QED) is 0.746. The molecule has 27 heavy (non-hydrogen) atoms. The van der Waals surface area contributed by atoms with Crippen LogP contribution in [0.3, 0.4) is 0 Å². The zero-order valence-corrected chi connectivity index (χ0v) is 16.7. The lowest BCUT2D eigenvalue weighted by atomic mass is 10.1. The summed E-state index contributed by atoms with van der Waals surface area (Å²) in [5.74, 6) is 0.285. The predicted molar refractivity (Wildman–Crippen MR) is 105 cm³/mol. The molecule has 1 N–H and O–H groups in total. The first-order chi connectivity index (χ1) is 12.8. The maximum Gasteiger partial charge on any atom is 0.253 e. The average molecular weight is 392 g/mol. The third-order valence-corrected chi connectivity index (χ3v) is 5.05. The second-order valence-electron chi connectivity index (χ2n) is 5.84. The molecule has 0 saturated heterocycles. The van der Waals surface area contributed by atoms with Crippen LogP contribution in [0, 0.1) is 0 Å². The number of benzene rings is 2. The number of nitrogens with one attached hydrogen (secondary N) is 1. The third-order valence-electron chi connectivity index (χ3n) is 3.92. The standard InChI is InChI=1S/C19H24N2O5S/c1-5-20-19(22)15-11-17(25-2)18(26-3)12-16(15)21(27(4,23)24)13-14-9-7-6-8-10-14/h6-12H,5,13H2,1-4H3,(H,20,22). The maximum absolute atomic E-state index is 12.6. The van der Waals surface area contributed by atoms with Crippen LogP contribution in [0.4, 0.5) is 5.69 Å². The van der Waals surface area contributed by atoms with Gasteiger partial charge >= 0.3 is 0 Å². The largest absolute Gasteiger partial charge is 0.493 e. The van der Waals surface area contributed by atoms with Gasteiger partial charge in [0.2, 0.25) is 10.0 Å². The molecule has 1 amide bonds. The summed E-state index contributed by atoms with van der Waals surface area (Å²) in [4.78, 5) is 12.6. The molecule has 146 valence electrons. The van der Waals surface area contributed by atoms with Gasteiger partial charge in [0.25, 0.3) is 5.91 Å². The Morgan fingerprint density at radius 3 is 2.19 bits per heavy atom. The normalized spacial score (nSPS) is 11.0. The van der Waals surface area contributed by atoms with Gasteiger partial charge in [-0.05, 0) is 18.6 Å². The van der Waals surface area contributed by atoms with Crippen LogP contribution in [0.5, 0.6) is 11.5 Å². The summed E-state index contributed by atoms with van der Waals surface area (Å²) in [6.45, 7) is 2.28. The zero-order chi connectivity index (χ0) is 20.0. The summed E-state index contributed by atoms with van der Waals surface area (Å²) in [6, 6.07) is 12.2. The molecule has 0 bridgehead atoms. The van der Waals surface area contributed by atoms with Gasteiger partial charge in [0, 0.05) is 12.6 Å². The molecule has 2 rings (SSSR count). The number of anilines is 1. The number of ether oxygens (including phenoxy) is 2. The summed E-state index contributed by atoms with van der Waals surface area (Å²) in [5, 5.41) is 2.70. The van der Waals surface area contributed by atoms with E-state index >= 15 is 0 Å². The zero-order valence-electron chi connectivity index (χ0n) is 15.9. The molecule has 0 fully saturated rings. The lowest BCUT2D eigenvalue weighted by Crippen LogP contribution is -2.32. The lowest BCUT2D eigenvalue weighted by molar-refractivity contribution is 0.0956. The Kier molecular flexibility index (Phi) is 6.68. The highest BCUT2D eigenvalue weighted by molar-refractivity contribution is 7.92. The molecule has 0 unspecified atom stereocenters. The van der Waals surface area contributed by atoms with Crippen molar-refractivity contribution in [1.29, 1.82) is 0 Å². The first kappa shape index (κ1) is 20.6. The van der Waals surface area contributed by atoms with E-state index in [4.69, 9.17) is 9.47 Å². The first-order valence-corrected chi connectivity index (χ1v) is 10.2. The van der Waals surface area contributed by atoms with Crippen LogP contribution in [0.1, 0.15) is 22.8 Å². The Bertz CT molecular complexity index is 898. The second kappa shape index (κ2) is 8.77. The van der Waals surface area contributed by atoms with Crippen molar-refractivity contribution in [3.8, 4) is 11.5 Å². The molecular formula is C19H24N2O5S. The molecule has 0 saturated carbocycles. The van der Waals surface area contributed by atoms with E-state index in [0.29, 0.717) is 18.0 Å². The van der Waals surface area contributed by atoms with Gasteiger partial charge in [0.1, 0.15) is 0 Å². The van der Waals surface area contributed by atoms with Crippen molar-refractivity contribution in [2.45, 2.75) is 13.5 Å². The number of hydrogen-bond acceptors (Lipinski definition) is 5. The second-order valence-corrected chi connectivity index (χ2v) is 7.75. The van der Waals surface area contributed by atoms with Gasteiger partial charge in [-0.2, -0.15) is 0 Å². The van der Waals surface area contributed by atoms with Crippen LogP contribution in [0.2, 0.25) is 0 Å². The minimum Gasteiger partial charge on any atom is -0.493 e. The fraction of sp³-hybridized carbons (Fsp3) is 0.316. The summed E-state index contributed by atoms with van der Waals surface area (Å²) in [6.07, 6.45) is 1.11. The van der Waals surface area contributed by atoms with Gasteiger partial charge in [-0.15, -0.1) is 0 Å².